The molecule has 0 aliphatic rings. The molecule has 0 bridgehead atoms. The molecule has 0 atom stereocenters. The van der Waals surface area contributed by atoms with E-state index in [2.05, 4.69) is 30.8 Å². The Kier molecular flexibility index (Phi) is 3.52. The summed E-state index contributed by atoms with van der Waals surface area (Å²) in [5.74, 6) is 0.725. The summed E-state index contributed by atoms with van der Waals surface area (Å²) in [6.07, 6.45) is 1.19. The number of nitrogen functional groups attached to an aromatic ring is 1. The van der Waals surface area contributed by atoms with Crippen molar-refractivity contribution < 1.29 is 0 Å². The van der Waals surface area contributed by atoms with Gasteiger partial charge in [0.25, 0.3) is 0 Å². The molecule has 0 unspecified atom stereocenters. The molecule has 2 aromatic rings. The van der Waals surface area contributed by atoms with Gasteiger partial charge in [0.15, 0.2) is 5.13 Å². The molecule has 0 aliphatic heterocycles. The van der Waals surface area contributed by atoms with Gasteiger partial charge >= 0.3 is 0 Å². The van der Waals surface area contributed by atoms with E-state index < -0.39 is 0 Å². The standard InChI is InChI=1S/C13H19N3S/c1-9(2)6-7-16(3)13-15-11-5-4-10(14)8-12(11)17-13/h4-5,8-9H,6-7,14H2,1-3H3. The summed E-state index contributed by atoms with van der Waals surface area (Å²) in [7, 11) is 2.10. The van der Waals surface area contributed by atoms with Crippen LogP contribution in [0.1, 0.15) is 20.3 Å². The van der Waals surface area contributed by atoms with Crippen LogP contribution in [0.4, 0.5) is 10.8 Å². The molecule has 0 spiro atoms. The van der Waals surface area contributed by atoms with Gasteiger partial charge in [-0.1, -0.05) is 25.2 Å². The minimum atomic E-state index is 0.725. The number of aromatic nitrogens is 1. The first-order chi connectivity index (χ1) is 8.06. The maximum Gasteiger partial charge on any atom is 0.186 e. The van der Waals surface area contributed by atoms with E-state index in [4.69, 9.17) is 5.73 Å². The van der Waals surface area contributed by atoms with Gasteiger partial charge < -0.3 is 10.6 Å². The highest BCUT2D eigenvalue weighted by Gasteiger charge is 2.08. The number of anilines is 2. The monoisotopic (exact) mass is 249 g/mol. The maximum absolute atomic E-state index is 5.77. The van der Waals surface area contributed by atoms with Crippen molar-refractivity contribution in [2.45, 2.75) is 20.3 Å². The molecule has 0 aliphatic carbocycles. The number of nitrogens with two attached hydrogens (primary N) is 1. The Bertz CT molecular complexity index is 504. The summed E-state index contributed by atoms with van der Waals surface area (Å²) >= 11 is 1.71. The zero-order valence-corrected chi connectivity index (χ0v) is 11.4. The van der Waals surface area contributed by atoms with Crippen LogP contribution >= 0.6 is 11.3 Å². The zero-order valence-electron chi connectivity index (χ0n) is 10.6. The van der Waals surface area contributed by atoms with Crippen LogP contribution in [0.25, 0.3) is 10.2 Å². The number of nitrogens with zero attached hydrogens (tertiary/aromatic N) is 2. The predicted molar refractivity (Wildman–Crippen MR) is 76.8 cm³/mol. The first kappa shape index (κ1) is 12.2. The summed E-state index contributed by atoms with van der Waals surface area (Å²) in [5.41, 5.74) is 7.61. The number of rotatable bonds is 4. The van der Waals surface area contributed by atoms with Crippen LogP contribution in [0.15, 0.2) is 18.2 Å². The van der Waals surface area contributed by atoms with Crippen LogP contribution < -0.4 is 10.6 Å². The Morgan fingerprint density at radius 3 is 2.88 bits per heavy atom. The van der Waals surface area contributed by atoms with Gasteiger partial charge in [-0.05, 0) is 30.5 Å². The van der Waals surface area contributed by atoms with Crippen LogP contribution in [-0.2, 0) is 0 Å². The van der Waals surface area contributed by atoms with Crippen molar-refractivity contribution in [3.8, 4) is 0 Å². The first-order valence-corrected chi connectivity index (χ1v) is 6.75. The van der Waals surface area contributed by atoms with E-state index in [1.807, 2.05) is 18.2 Å². The van der Waals surface area contributed by atoms with Crippen molar-refractivity contribution in [3.05, 3.63) is 18.2 Å². The number of hydrogen-bond acceptors (Lipinski definition) is 4. The summed E-state index contributed by atoms with van der Waals surface area (Å²) < 4.78 is 1.16. The Hall–Kier alpha value is -1.29. The number of thiazole rings is 1. The fraction of sp³-hybridized carbons (Fsp3) is 0.462. The third-order valence-electron chi connectivity index (χ3n) is 2.77. The molecule has 0 radical (unpaired) electrons. The van der Waals surface area contributed by atoms with Gasteiger partial charge in [0, 0.05) is 19.3 Å². The minimum absolute atomic E-state index is 0.725. The third kappa shape index (κ3) is 2.88. The highest BCUT2D eigenvalue weighted by atomic mass is 32.1. The Balaban J connectivity index is 2.18. The molecule has 1 heterocycles. The summed E-state index contributed by atoms with van der Waals surface area (Å²) in [4.78, 5) is 6.84. The average molecular weight is 249 g/mol. The molecule has 1 aromatic heterocycles. The van der Waals surface area contributed by atoms with E-state index in [-0.39, 0.29) is 0 Å². The van der Waals surface area contributed by atoms with Crippen molar-refractivity contribution in [1.82, 2.24) is 4.98 Å². The van der Waals surface area contributed by atoms with E-state index in [9.17, 15) is 0 Å². The highest BCUT2D eigenvalue weighted by molar-refractivity contribution is 7.22. The van der Waals surface area contributed by atoms with Gasteiger partial charge in [-0.25, -0.2) is 4.98 Å². The molecule has 0 fully saturated rings. The lowest BCUT2D eigenvalue weighted by Crippen LogP contribution is -2.19. The molecule has 0 saturated heterocycles. The second-order valence-electron chi connectivity index (χ2n) is 4.83. The molecule has 17 heavy (non-hydrogen) atoms. The zero-order chi connectivity index (χ0) is 12.4. The molecule has 2 rings (SSSR count). The Morgan fingerprint density at radius 2 is 2.18 bits per heavy atom. The highest BCUT2D eigenvalue weighted by Crippen LogP contribution is 2.29. The summed E-state index contributed by atoms with van der Waals surface area (Å²) in [5, 5.41) is 1.08. The quantitative estimate of drug-likeness (QED) is 0.845. The second-order valence-corrected chi connectivity index (χ2v) is 5.84. The predicted octanol–water partition coefficient (Wildman–Crippen LogP) is 3.36. The lowest BCUT2D eigenvalue weighted by Gasteiger charge is -2.16. The number of benzene rings is 1. The van der Waals surface area contributed by atoms with Gasteiger partial charge in [-0.3, -0.25) is 0 Å². The largest absolute Gasteiger partial charge is 0.399 e. The molecule has 4 heteroatoms. The molecular weight excluding hydrogens is 230 g/mol. The van der Waals surface area contributed by atoms with E-state index in [1.165, 1.54) is 6.42 Å². The third-order valence-corrected chi connectivity index (χ3v) is 3.90. The number of fused-ring (bicyclic) bond motifs is 1. The minimum Gasteiger partial charge on any atom is -0.399 e. The van der Waals surface area contributed by atoms with Crippen LogP contribution in [0, 0.1) is 5.92 Å². The lowest BCUT2D eigenvalue weighted by atomic mass is 10.1. The smallest absolute Gasteiger partial charge is 0.186 e. The van der Waals surface area contributed by atoms with Crippen LogP contribution in [0.3, 0.4) is 0 Å². The first-order valence-electron chi connectivity index (χ1n) is 5.93. The van der Waals surface area contributed by atoms with Gasteiger partial charge in [0.1, 0.15) is 0 Å². The molecular formula is C13H19N3S. The van der Waals surface area contributed by atoms with Crippen molar-refractivity contribution in [1.29, 1.82) is 0 Å². The van der Waals surface area contributed by atoms with Gasteiger partial charge in [0.2, 0.25) is 0 Å². The van der Waals surface area contributed by atoms with Gasteiger partial charge in [-0.2, -0.15) is 0 Å². The van der Waals surface area contributed by atoms with Crippen molar-refractivity contribution in [2.75, 3.05) is 24.2 Å². The fourth-order valence-electron chi connectivity index (χ4n) is 1.64. The Morgan fingerprint density at radius 1 is 1.41 bits per heavy atom. The topological polar surface area (TPSA) is 42.2 Å². The molecule has 1 aromatic carbocycles. The maximum atomic E-state index is 5.77. The van der Waals surface area contributed by atoms with Crippen molar-refractivity contribution >= 4 is 32.4 Å². The van der Waals surface area contributed by atoms with Crippen LogP contribution in [0.2, 0.25) is 0 Å². The molecule has 92 valence electrons. The van der Waals surface area contributed by atoms with Crippen LogP contribution in [-0.4, -0.2) is 18.6 Å². The molecule has 0 amide bonds. The molecule has 0 saturated carbocycles. The van der Waals surface area contributed by atoms with E-state index in [1.54, 1.807) is 11.3 Å². The normalized spacial score (nSPS) is 11.3. The fourth-order valence-corrected chi connectivity index (χ4v) is 2.64. The summed E-state index contributed by atoms with van der Waals surface area (Å²) in [6.45, 7) is 5.53. The van der Waals surface area contributed by atoms with E-state index in [0.29, 0.717) is 0 Å². The van der Waals surface area contributed by atoms with Crippen molar-refractivity contribution in [2.24, 2.45) is 5.92 Å². The number of hydrogen-bond donors (Lipinski definition) is 1. The average Bonchev–Trinajstić information content (AvgIpc) is 2.68. The molecule has 3 nitrogen and oxygen atoms in total. The van der Waals surface area contributed by atoms with Crippen molar-refractivity contribution in [3.63, 3.8) is 0 Å². The second kappa shape index (κ2) is 4.92. The molecule has 2 N–H and O–H groups in total. The lowest BCUT2D eigenvalue weighted by molar-refractivity contribution is 0.585. The van der Waals surface area contributed by atoms with E-state index >= 15 is 0 Å². The van der Waals surface area contributed by atoms with Crippen LogP contribution in [0.5, 0.6) is 0 Å². The summed E-state index contributed by atoms with van der Waals surface area (Å²) in [6, 6.07) is 5.88. The Labute approximate surface area is 106 Å². The van der Waals surface area contributed by atoms with Gasteiger partial charge in [0.05, 0.1) is 10.2 Å². The SMILES string of the molecule is CC(C)CCN(C)c1nc2ccc(N)cc2s1. The van der Waals surface area contributed by atoms with E-state index in [0.717, 1.165) is 33.5 Å². The van der Waals surface area contributed by atoms with Gasteiger partial charge in [-0.15, -0.1) is 0 Å².